The maximum absolute atomic E-state index is 12.1. The van der Waals surface area contributed by atoms with Gasteiger partial charge in [-0.2, -0.15) is 0 Å². The minimum absolute atomic E-state index is 0.282. The standard InChI is InChI=1S/C15H26N2O3S/c1-4-12(2)14-5-7-15(8-6-14)21(19,20)17-10-9-16-11-13(3)18/h5-8,12-13,16-18H,4,9-11H2,1-3H3. The fourth-order valence-electron chi connectivity index (χ4n) is 1.88. The SMILES string of the molecule is CCC(C)c1ccc(S(=O)(=O)NCCNCC(C)O)cc1. The van der Waals surface area contributed by atoms with E-state index in [-0.39, 0.29) is 4.90 Å². The van der Waals surface area contributed by atoms with Crippen molar-refractivity contribution in [3.63, 3.8) is 0 Å². The van der Waals surface area contributed by atoms with Gasteiger partial charge in [0.25, 0.3) is 0 Å². The predicted octanol–water partition coefficient (Wildman–Crippen LogP) is 1.45. The lowest BCUT2D eigenvalue weighted by molar-refractivity contribution is 0.192. The van der Waals surface area contributed by atoms with Gasteiger partial charge < -0.3 is 10.4 Å². The van der Waals surface area contributed by atoms with Crippen molar-refractivity contribution in [2.45, 2.75) is 44.1 Å². The topological polar surface area (TPSA) is 78.4 Å². The second-order valence-corrected chi connectivity index (χ2v) is 7.10. The van der Waals surface area contributed by atoms with Crippen LogP contribution >= 0.6 is 0 Å². The van der Waals surface area contributed by atoms with Gasteiger partial charge in [-0.3, -0.25) is 0 Å². The van der Waals surface area contributed by atoms with Crippen molar-refractivity contribution in [2.75, 3.05) is 19.6 Å². The molecule has 0 aliphatic heterocycles. The summed E-state index contributed by atoms with van der Waals surface area (Å²) in [7, 11) is -3.46. The van der Waals surface area contributed by atoms with Crippen LogP contribution in [-0.2, 0) is 10.0 Å². The van der Waals surface area contributed by atoms with E-state index in [1.165, 1.54) is 0 Å². The molecule has 0 aromatic heterocycles. The number of benzene rings is 1. The van der Waals surface area contributed by atoms with Crippen LogP contribution in [0, 0.1) is 0 Å². The molecule has 6 heteroatoms. The third-order valence-corrected chi connectivity index (χ3v) is 4.88. The van der Waals surface area contributed by atoms with E-state index in [1.807, 2.05) is 12.1 Å². The number of hydrogen-bond acceptors (Lipinski definition) is 4. The number of nitrogens with one attached hydrogen (secondary N) is 2. The molecule has 0 heterocycles. The summed E-state index contributed by atoms with van der Waals surface area (Å²) in [5.41, 5.74) is 1.15. The molecule has 3 N–H and O–H groups in total. The summed E-state index contributed by atoms with van der Waals surface area (Å²) < 4.78 is 26.7. The Hall–Kier alpha value is -0.950. The maximum Gasteiger partial charge on any atom is 0.240 e. The quantitative estimate of drug-likeness (QED) is 0.603. The molecule has 21 heavy (non-hydrogen) atoms. The van der Waals surface area contributed by atoms with E-state index in [0.29, 0.717) is 25.6 Å². The minimum atomic E-state index is -3.46. The average molecular weight is 314 g/mol. The Morgan fingerprint density at radius 2 is 1.76 bits per heavy atom. The molecule has 1 rings (SSSR count). The van der Waals surface area contributed by atoms with Crippen molar-refractivity contribution in [2.24, 2.45) is 0 Å². The highest BCUT2D eigenvalue weighted by molar-refractivity contribution is 7.89. The van der Waals surface area contributed by atoms with Crippen LogP contribution in [0.1, 0.15) is 38.7 Å². The Kier molecular flexibility index (Phi) is 7.31. The summed E-state index contributed by atoms with van der Waals surface area (Å²) in [6.07, 6.45) is 0.592. The predicted molar refractivity (Wildman–Crippen MR) is 84.9 cm³/mol. The third-order valence-electron chi connectivity index (χ3n) is 3.41. The lowest BCUT2D eigenvalue weighted by Gasteiger charge is -2.11. The molecule has 0 aliphatic carbocycles. The number of hydrogen-bond donors (Lipinski definition) is 3. The highest BCUT2D eigenvalue weighted by Gasteiger charge is 2.13. The summed E-state index contributed by atoms with van der Waals surface area (Å²) in [6.45, 7) is 7.13. The molecule has 0 amide bonds. The molecular formula is C15H26N2O3S. The third kappa shape index (κ3) is 6.13. The van der Waals surface area contributed by atoms with Crippen molar-refractivity contribution >= 4 is 10.0 Å². The van der Waals surface area contributed by atoms with Crippen LogP contribution < -0.4 is 10.0 Å². The first-order valence-electron chi connectivity index (χ1n) is 7.35. The van der Waals surface area contributed by atoms with Gasteiger partial charge in [0.1, 0.15) is 0 Å². The van der Waals surface area contributed by atoms with E-state index >= 15 is 0 Å². The molecule has 2 atom stereocenters. The normalized spacial score (nSPS) is 14.9. The molecule has 0 spiro atoms. The van der Waals surface area contributed by atoms with Crippen LogP contribution in [-0.4, -0.2) is 39.3 Å². The summed E-state index contributed by atoms with van der Waals surface area (Å²) in [4.78, 5) is 0.282. The molecule has 0 bridgehead atoms. The van der Waals surface area contributed by atoms with Gasteiger partial charge in [-0.05, 0) is 37.0 Å². The van der Waals surface area contributed by atoms with Crippen LogP contribution in [0.5, 0.6) is 0 Å². The zero-order valence-electron chi connectivity index (χ0n) is 13.0. The maximum atomic E-state index is 12.1. The summed E-state index contributed by atoms with van der Waals surface area (Å²) in [5, 5.41) is 12.0. The van der Waals surface area contributed by atoms with Gasteiger partial charge in [0, 0.05) is 19.6 Å². The van der Waals surface area contributed by atoms with E-state index in [4.69, 9.17) is 5.11 Å². The van der Waals surface area contributed by atoms with Crippen LogP contribution in [0.4, 0.5) is 0 Å². The second-order valence-electron chi connectivity index (χ2n) is 5.33. The Labute approximate surface area is 127 Å². The zero-order valence-corrected chi connectivity index (χ0v) is 13.8. The van der Waals surface area contributed by atoms with Crippen molar-refractivity contribution < 1.29 is 13.5 Å². The van der Waals surface area contributed by atoms with Crippen LogP contribution in [0.25, 0.3) is 0 Å². The van der Waals surface area contributed by atoms with Gasteiger partial charge >= 0.3 is 0 Å². The van der Waals surface area contributed by atoms with Gasteiger partial charge in [0.05, 0.1) is 11.0 Å². The molecular weight excluding hydrogens is 288 g/mol. The molecule has 0 radical (unpaired) electrons. The van der Waals surface area contributed by atoms with Gasteiger partial charge in [-0.1, -0.05) is 26.0 Å². The number of sulfonamides is 1. The van der Waals surface area contributed by atoms with Crippen molar-refractivity contribution in [3.05, 3.63) is 29.8 Å². The van der Waals surface area contributed by atoms with E-state index in [2.05, 4.69) is 23.9 Å². The first kappa shape index (κ1) is 18.1. The Morgan fingerprint density at radius 1 is 1.14 bits per heavy atom. The lowest BCUT2D eigenvalue weighted by atomic mass is 9.99. The molecule has 0 aliphatic rings. The van der Waals surface area contributed by atoms with Crippen molar-refractivity contribution in [1.82, 2.24) is 10.0 Å². The van der Waals surface area contributed by atoms with E-state index in [1.54, 1.807) is 19.1 Å². The Balaban J connectivity index is 2.54. The van der Waals surface area contributed by atoms with Gasteiger partial charge in [0.2, 0.25) is 10.0 Å². The number of rotatable bonds is 9. The van der Waals surface area contributed by atoms with E-state index in [0.717, 1.165) is 12.0 Å². The monoisotopic (exact) mass is 314 g/mol. The van der Waals surface area contributed by atoms with E-state index in [9.17, 15) is 8.42 Å². The molecule has 5 nitrogen and oxygen atoms in total. The average Bonchev–Trinajstić information content (AvgIpc) is 2.45. The zero-order chi connectivity index (χ0) is 15.9. The van der Waals surface area contributed by atoms with Crippen LogP contribution in [0.3, 0.4) is 0 Å². The summed E-state index contributed by atoms with van der Waals surface area (Å²) in [5.74, 6) is 0.430. The van der Waals surface area contributed by atoms with Crippen LogP contribution in [0.2, 0.25) is 0 Å². The highest BCUT2D eigenvalue weighted by atomic mass is 32.2. The molecule has 120 valence electrons. The minimum Gasteiger partial charge on any atom is -0.392 e. The molecule has 1 aromatic carbocycles. The Bertz CT molecular complexity index is 512. The Morgan fingerprint density at radius 3 is 2.29 bits per heavy atom. The first-order chi connectivity index (χ1) is 9.86. The first-order valence-corrected chi connectivity index (χ1v) is 8.83. The fourth-order valence-corrected chi connectivity index (χ4v) is 2.91. The van der Waals surface area contributed by atoms with Crippen molar-refractivity contribution in [1.29, 1.82) is 0 Å². The summed E-state index contributed by atoms with van der Waals surface area (Å²) >= 11 is 0. The lowest BCUT2D eigenvalue weighted by Crippen LogP contribution is -2.34. The van der Waals surface area contributed by atoms with E-state index < -0.39 is 16.1 Å². The van der Waals surface area contributed by atoms with Crippen molar-refractivity contribution in [3.8, 4) is 0 Å². The number of aliphatic hydroxyl groups excluding tert-OH is 1. The van der Waals surface area contributed by atoms with Gasteiger partial charge in [-0.25, -0.2) is 13.1 Å². The molecule has 0 saturated heterocycles. The summed E-state index contributed by atoms with van der Waals surface area (Å²) in [6, 6.07) is 7.03. The van der Waals surface area contributed by atoms with Gasteiger partial charge in [-0.15, -0.1) is 0 Å². The molecule has 0 fully saturated rings. The molecule has 1 aromatic rings. The van der Waals surface area contributed by atoms with Gasteiger partial charge in [0.15, 0.2) is 0 Å². The smallest absolute Gasteiger partial charge is 0.240 e. The fraction of sp³-hybridized carbons (Fsp3) is 0.600. The highest BCUT2D eigenvalue weighted by Crippen LogP contribution is 2.20. The van der Waals surface area contributed by atoms with Crippen LogP contribution in [0.15, 0.2) is 29.2 Å². The largest absolute Gasteiger partial charge is 0.392 e. The number of aliphatic hydroxyl groups is 1. The molecule has 2 unspecified atom stereocenters. The second kappa shape index (κ2) is 8.48. The molecule has 0 saturated carbocycles.